The van der Waals surface area contributed by atoms with Gasteiger partial charge in [-0.05, 0) is 27.3 Å². The first kappa shape index (κ1) is 12.8. The molecule has 16 heavy (non-hydrogen) atoms. The van der Waals surface area contributed by atoms with E-state index in [4.69, 9.17) is 15.7 Å². The van der Waals surface area contributed by atoms with Crippen molar-refractivity contribution in [2.45, 2.75) is 26.4 Å². The second kappa shape index (κ2) is 4.71. The average Bonchev–Trinajstić information content (AvgIpc) is 2.57. The SMILES string of the molecule is CC(C)(C)OC(=O)N1CC(C#N)C(CN)C1. The molecule has 1 aliphatic rings. The van der Waals surface area contributed by atoms with Crippen molar-refractivity contribution in [3.63, 3.8) is 0 Å². The van der Waals surface area contributed by atoms with Gasteiger partial charge in [0.25, 0.3) is 0 Å². The van der Waals surface area contributed by atoms with E-state index in [0.29, 0.717) is 19.6 Å². The lowest BCUT2D eigenvalue weighted by Crippen LogP contribution is -2.35. The van der Waals surface area contributed by atoms with Crippen LogP contribution < -0.4 is 5.73 Å². The molecule has 1 amide bonds. The lowest BCUT2D eigenvalue weighted by molar-refractivity contribution is 0.0286. The Morgan fingerprint density at radius 2 is 2.19 bits per heavy atom. The van der Waals surface area contributed by atoms with E-state index >= 15 is 0 Å². The number of likely N-dealkylation sites (tertiary alicyclic amines) is 1. The maximum atomic E-state index is 11.7. The summed E-state index contributed by atoms with van der Waals surface area (Å²) < 4.78 is 5.24. The Morgan fingerprint density at radius 3 is 2.56 bits per heavy atom. The zero-order valence-corrected chi connectivity index (χ0v) is 10.1. The normalized spacial score (nSPS) is 25.3. The van der Waals surface area contributed by atoms with Gasteiger partial charge in [-0.25, -0.2) is 4.79 Å². The topological polar surface area (TPSA) is 79.3 Å². The van der Waals surface area contributed by atoms with Crippen LogP contribution >= 0.6 is 0 Å². The summed E-state index contributed by atoms with van der Waals surface area (Å²) in [6.07, 6.45) is -0.358. The van der Waals surface area contributed by atoms with Gasteiger partial charge in [-0.1, -0.05) is 0 Å². The summed E-state index contributed by atoms with van der Waals surface area (Å²) in [4.78, 5) is 13.3. The van der Waals surface area contributed by atoms with E-state index < -0.39 is 5.60 Å². The number of nitriles is 1. The van der Waals surface area contributed by atoms with Gasteiger partial charge in [-0.2, -0.15) is 5.26 Å². The first-order valence-electron chi connectivity index (χ1n) is 5.45. The van der Waals surface area contributed by atoms with Gasteiger partial charge in [0.1, 0.15) is 5.60 Å². The number of amides is 1. The average molecular weight is 225 g/mol. The molecule has 0 saturated carbocycles. The Bertz CT molecular complexity index is 303. The molecule has 0 aromatic carbocycles. The Hall–Kier alpha value is -1.28. The van der Waals surface area contributed by atoms with E-state index in [-0.39, 0.29) is 17.9 Å². The van der Waals surface area contributed by atoms with Crippen molar-refractivity contribution >= 4 is 6.09 Å². The van der Waals surface area contributed by atoms with Gasteiger partial charge in [-0.15, -0.1) is 0 Å². The zero-order chi connectivity index (χ0) is 12.3. The maximum absolute atomic E-state index is 11.7. The Balaban J connectivity index is 2.58. The highest BCUT2D eigenvalue weighted by atomic mass is 16.6. The third-order valence-corrected chi connectivity index (χ3v) is 2.56. The lowest BCUT2D eigenvalue weighted by Gasteiger charge is -2.24. The quantitative estimate of drug-likeness (QED) is 0.720. The fourth-order valence-corrected chi connectivity index (χ4v) is 1.73. The van der Waals surface area contributed by atoms with Gasteiger partial charge < -0.3 is 15.4 Å². The van der Waals surface area contributed by atoms with Crippen LogP contribution in [0.4, 0.5) is 4.79 Å². The van der Waals surface area contributed by atoms with E-state index in [1.807, 2.05) is 20.8 Å². The molecule has 2 unspecified atom stereocenters. The van der Waals surface area contributed by atoms with Crippen molar-refractivity contribution in [2.75, 3.05) is 19.6 Å². The van der Waals surface area contributed by atoms with Gasteiger partial charge in [0.05, 0.1) is 12.0 Å². The van der Waals surface area contributed by atoms with Gasteiger partial charge in [-0.3, -0.25) is 0 Å². The minimum Gasteiger partial charge on any atom is -0.444 e. The molecule has 1 heterocycles. The van der Waals surface area contributed by atoms with Gasteiger partial charge in [0.2, 0.25) is 0 Å². The number of carbonyl (C=O) groups is 1. The number of nitrogens with zero attached hydrogens (tertiary/aromatic N) is 2. The van der Waals surface area contributed by atoms with E-state index in [9.17, 15) is 4.79 Å². The van der Waals surface area contributed by atoms with Crippen molar-refractivity contribution < 1.29 is 9.53 Å². The van der Waals surface area contributed by atoms with Gasteiger partial charge in [0.15, 0.2) is 0 Å². The van der Waals surface area contributed by atoms with Crippen LogP contribution in [0.25, 0.3) is 0 Å². The first-order chi connectivity index (χ1) is 7.37. The summed E-state index contributed by atoms with van der Waals surface area (Å²) in [6.45, 7) is 6.84. The largest absolute Gasteiger partial charge is 0.444 e. The molecule has 5 nitrogen and oxygen atoms in total. The Kier molecular flexibility index (Phi) is 3.76. The molecule has 0 aliphatic carbocycles. The fraction of sp³-hybridized carbons (Fsp3) is 0.818. The highest BCUT2D eigenvalue weighted by Gasteiger charge is 2.36. The molecule has 5 heteroatoms. The van der Waals surface area contributed by atoms with Crippen LogP contribution in [-0.4, -0.2) is 36.2 Å². The molecule has 1 saturated heterocycles. The van der Waals surface area contributed by atoms with Crippen LogP contribution in [0.15, 0.2) is 0 Å². The number of nitrogens with two attached hydrogens (primary N) is 1. The summed E-state index contributed by atoms with van der Waals surface area (Å²) in [5.41, 5.74) is 5.06. The summed E-state index contributed by atoms with van der Waals surface area (Å²) in [5.74, 6) is -0.102. The number of rotatable bonds is 1. The van der Waals surface area contributed by atoms with Crippen LogP contribution in [0.3, 0.4) is 0 Å². The van der Waals surface area contributed by atoms with Crippen LogP contribution in [0.5, 0.6) is 0 Å². The van der Waals surface area contributed by atoms with E-state index in [1.54, 1.807) is 4.90 Å². The molecule has 0 aromatic heterocycles. The standard InChI is InChI=1S/C11H19N3O2/c1-11(2,3)16-10(15)14-6-8(4-12)9(5-13)7-14/h8-9H,4,6-7,12H2,1-3H3. The number of hydrogen-bond donors (Lipinski definition) is 1. The minimum atomic E-state index is -0.500. The zero-order valence-electron chi connectivity index (χ0n) is 10.1. The molecular weight excluding hydrogens is 206 g/mol. The van der Waals surface area contributed by atoms with Crippen molar-refractivity contribution in [2.24, 2.45) is 17.6 Å². The van der Waals surface area contributed by atoms with Crippen molar-refractivity contribution in [1.82, 2.24) is 4.90 Å². The van der Waals surface area contributed by atoms with Crippen molar-refractivity contribution in [3.8, 4) is 6.07 Å². The summed E-state index contributed by atoms with van der Waals surface area (Å²) in [7, 11) is 0. The molecule has 2 atom stereocenters. The van der Waals surface area contributed by atoms with Crippen LogP contribution in [-0.2, 0) is 4.74 Å². The van der Waals surface area contributed by atoms with Crippen molar-refractivity contribution in [1.29, 1.82) is 5.26 Å². The van der Waals surface area contributed by atoms with Gasteiger partial charge in [0, 0.05) is 19.0 Å². The Morgan fingerprint density at radius 1 is 1.56 bits per heavy atom. The Labute approximate surface area is 96.2 Å². The third-order valence-electron chi connectivity index (χ3n) is 2.56. The molecule has 1 rings (SSSR count). The summed E-state index contributed by atoms with van der Waals surface area (Å²) in [6, 6.07) is 2.18. The van der Waals surface area contributed by atoms with Crippen molar-refractivity contribution in [3.05, 3.63) is 0 Å². The van der Waals surface area contributed by atoms with Crippen LogP contribution in [0.2, 0.25) is 0 Å². The van der Waals surface area contributed by atoms with Crippen LogP contribution in [0, 0.1) is 23.2 Å². The maximum Gasteiger partial charge on any atom is 0.410 e. The highest BCUT2D eigenvalue weighted by molar-refractivity contribution is 5.68. The second-order valence-corrected chi connectivity index (χ2v) is 5.12. The minimum absolute atomic E-state index is 0.0671. The fourth-order valence-electron chi connectivity index (χ4n) is 1.73. The molecule has 90 valence electrons. The molecule has 0 radical (unpaired) electrons. The second-order valence-electron chi connectivity index (χ2n) is 5.12. The summed E-state index contributed by atoms with van der Waals surface area (Å²) >= 11 is 0. The predicted molar refractivity (Wildman–Crippen MR) is 59.5 cm³/mol. The molecule has 0 aromatic rings. The molecule has 1 aliphatic heterocycles. The van der Waals surface area contributed by atoms with Crippen LogP contribution in [0.1, 0.15) is 20.8 Å². The summed E-state index contributed by atoms with van der Waals surface area (Å²) in [5, 5.41) is 8.92. The smallest absolute Gasteiger partial charge is 0.410 e. The lowest BCUT2D eigenvalue weighted by atomic mass is 9.98. The first-order valence-corrected chi connectivity index (χ1v) is 5.45. The predicted octanol–water partition coefficient (Wildman–Crippen LogP) is 0.952. The molecule has 2 N–H and O–H groups in total. The van der Waals surface area contributed by atoms with E-state index in [2.05, 4.69) is 6.07 Å². The van der Waals surface area contributed by atoms with E-state index in [1.165, 1.54) is 0 Å². The number of carbonyl (C=O) groups excluding carboxylic acids is 1. The molecule has 0 spiro atoms. The molecular formula is C11H19N3O2. The van der Waals surface area contributed by atoms with E-state index in [0.717, 1.165) is 0 Å². The number of hydrogen-bond acceptors (Lipinski definition) is 4. The highest BCUT2D eigenvalue weighted by Crippen LogP contribution is 2.23. The number of ether oxygens (including phenoxy) is 1. The molecule has 0 bridgehead atoms. The molecule has 1 fully saturated rings. The third kappa shape index (κ3) is 3.11. The monoisotopic (exact) mass is 225 g/mol. The van der Waals surface area contributed by atoms with Gasteiger partial charge >= 0.3 is 6.09 Å².